The lowest BCUT2D eigenvalue weighted by Crippen LogP contribution is -2.45. The molecule has 0 spiro atoms. The number of carbonyl (C=O) groups is 2. The molecule has 0 aromatic rings. The third-order valence-corrected chi connectivity index (χ3v) is 16.9. The standard InChI is InChI=1S/C70H139NO5/c1-3-5-7-9-11-13-15-17-18-19-20-21-22-23-24-27-30-33-36-39-42-46-50-54-58-62-68(73)67(66-72)71-69(74)63-59-55-51-47-43-40-37-34-31-28-25-26-29-32-35-38-41-45-49-53-57-61-65-76-70(75)64-60-56-52-48-44-16-14-12-10-8-6-4-2/h67-68,72-73H,3-66H2,1-2H3,(H,71,74). The van der Waals surface area contributed by atoms with Gasteiger partial charge in [-0.25, -0.2) is 0 Å². The quantitative estimate of drug-likeness (QED) is 0.0417. The first kappa shape index (κ1) is 74.9. The van der Waals surface area contributed by atoms with Crippen molar-refractivity contribution in [1.82, 2.24) is 5.32 Å². The molecular weight excluding hydrogens is 935 g/mol. The summed E-state index contributed by atoms with van der Waals surface area (Å²) in [5.41, 5.74) is 0. The lowest BCUT2D eigenvalue weighted by molar-refractivity contribution is -0.143. The number of ether oxygens (including phenoxy) is 1. The predicted octanol–water partition coefficient (Wildman–Crippen LogP) is 22.6. The molecule has 0 aliphatic carbocycles. The van der Waals surface area contributed by atoms with Crippen LogP contribution in [0.2, 0.25) is 0 Å². The molecule has 0 aliphatic rings. The first-order valence-electron chi connectivity index (χ1n) is 35.3. The zero-order valence-corrected chi connectivity index (χ0v) is 52.0. The van der Waals surface area contributed by atoms with Gasteiger partial charge in [-0.3, -0.25) is 9.59 Å². The largest absolute Gasteiger partial charge is 0.466 e. The van der Waals surface area contributed by atoms with Crippen LogP contribution < -0.4 is 5.32 Å². The zero-order valence-electron chi connectivity index (χ0n) is 52.0. The van der Waals surface area contributed by atoms with Crippen molar-refractivity contribution in [2.24, 2.45) is 0 Å². The highest BCUT2D eigenvalue weighted by molar-refractivity contribution is 5.76. The van der Waals surface area contributed by atoms with Gasteiger partial charge in [-0.1, -0.05) is 373 Å². The molecule has 76 heavy (non-hydrogen) atoms. The number of hydrogen-bond acceptors (Lipinski definition) is 5. The minimum absolute atomic E-state index is 0.0155. The summed E-state index contributed by atoms with van der Waals surface area (Å²) in [6.07, 6.45) is 80.0. The van der Waals surface area contributed by atoms with Gasteiger partial charge in [0.2, 0.25) is 5.91 Å². The zero-order chi connectivity index (χ0) is 55.0. The van der Waals surface area contributed by atoms with Crippen molar-refractivity contribution in [3.63, 3.8) is 0 Å². The highest BCUT2D eigenvalue weighted by Crippen LogP contribution is 2.20. The lowest BCUT2D eigenvalue weighted by Gasteiger charge is -2.22. The number of amides is 1. The van der Waals surface area contributed by atoms with E-state index >= 15 is 0 Å². The van der Waals surface area contributed by atoms with Crippen LogP contribution in [0.15, 0.2) is 0 Å². The van der Waals surface area contributed by atoms with E-state index in [9.17, 15) is 19.8 Å². The second kappa shape index (κ2) is 66.4. The van der Waals surface area contributed by atoms with Gasteiger partial charge >= 0.3 is 5.97 Å². The fraction of sp³-hybridized carbons (Fsp3) is 0.971. The molecule has 0 saturated carbocycles. The monoisotopic (exact) mass is 1070 g/mol. The third-order valence-electron chi connectivity index (χ3n) is 16.9. The van der Waals surface area contributed by atoms with Crippen LogP contribution in [0.1, 0.15) is 412 Å². The van der Waals surface area contributed by atoms with Crippen LogP contribution in [-0.4, -0.2) is 47.4 Å². The van der Waals surface area contributed by atoms with Gasteiger partial charge in [0.15, 0.2) is 0 Å². The van der Waals surface area contributed by atoms with Crippen LogP contribution in [0.5, 0.6) is 0 Å². The van der Waals surface area contributed by atoms with Crippen LogP contribution in [-0.2, 0) is 14.3 Å². The number of esters is 1. The summed E-state index contributed by atoms with van der Waals surface area (Å²) in [6.45, 7) is 5.00. The number of aliphatic hydroxyl groups is 2. The summed E-state index contributed by atoms with van der Waals surface area (Å²) in [6, 6.07) is -0.542. The van der Waals surface area contributed by atoms with Crippen LogP contribution in [0.4, 0.5) is 0 Å². The average molecular weight is 1070 g/mol. The smallest absolute Gasteiger partial charge is 0.305 e. The van der Waals surface area contributed by atoms with Crippen LogP contribution in [0, 0.1) is 0 Å². The molecule has 0 aromatic carbocycles. The van der Waals surface area contributed by atoms with E-state index < -0.39 is 12.1 Å². The molecule has 0 saturated heterocycles. The van der Waals surface area contributed by atoms with E-state index in [4.69, 9.17) is 4.74 Å². The van der Waals surface area contributed by atoms with E-state index in [1.165, 1.54) is 340 Å². The van der Waals surface area contributed by atoms with Crippen molar-refractivity contribution in [1.29, 1.82) is 0 Å². The molecule has 0 aromatic heterocycles. The molecule has 0 rings (SSSR count). The molecule has 0 fully saturated rings. The maximum atomic E-state index is 12.6. The molecule has 6 nitrogen and oxygen atoms in total. The Bertz CT molecular complexity index is 1100. The number of rotatable bonds is 67. The summed E-state index contributed by atoms with van der Waals surface area (Å²) in [5.74, 6) is -0.0136. The first-order chi connectivity index (χ1) is 37.5. The summed E-state index contributed by atoms with van der Waals surface area (Å²) >= 11 is 0. The number of unbranched alkanes of at least 4 members (excludes halogenated alkanes) is 56. The Kier molecular flexibility index (Phi) is 65.4. The summed E-state index contributed by atoms with van der Waals surface area (Å²) < 4.78 is 5.48. The summed E-state index contributed by atoms with van der Waals surface area (Å²) in [4.78, 5) is 24.6. The Morgan fingerprint density at radius 3 is 0.803 bits per heavy atom. The van der Waals surface area contributed by atoms with E-state index in [1.54, 1.807) is 0 Å². The number of hydrogen-bond donors (Lipinski definition) is 3. The number of aliphatic hydroxyl groups excluding tert-OH is 2. The second-order valence-electron chi connectivity index (χ2n) is 24.6. The third kappa shape index (κ3) is 62.1. The Morgan fingerprint density at radius 2 is 0.539 bits per heavy atom. The molecule has 0 bridgehead atoms. The molecule has 0 aliphatic heterocycles. The molecule has 1 amide bonds. The topological polar surface area (TPSA) is 95.9 Å². The van der Waals surface area contributed by atoms with Crippen molar-refractivity contribution < 1.29 is 24.5 Å². The minimum atomic E-state index is -0.665. The summed E-state index contributed by atoms with van der Waals surface area (Å²) in [5, 5.41) is 23.5. The predicted molar refractivity (Wildman–Crippen MR) is 334 cm³/mol. The average Bonchev–Trinajstić information content (AvgIpc) is 3.42. The van der Waals surface area contributed by atoms with Gasteiger partial charge in [-0.2, -0.15) is 0 Å². The normalized spacial score (nSPS) is 12.4. The van der Waals surface area contributed by atoms with Gasteiger partial charge in [0.1, 0.15) is 0 Å². The number of nitrogens with one attached hydrogen (secondary N) is 1. The van der Waals surface area contributed by atoms with Gasteiger partial charge in [-0.15, -0.1) is 0 Å². The molecule has 2 unspecified atom stereocenters. The van der Waals surface area contributed by atoms with Gasteiger partial charge in [0, 0.05) is 12.8 Å². The van der Waals surface area contributed by atoms with E-state index in [1.807, 2.05) is 0 Å². The van der Waals surface area contributed by atoms with Crippen molar-refractivity contribution in [2.75, 3.05) is 13.2 Å². The molecule has 3 N–H and O–H groups in total. The number of carbonyl (C=O) groups excluding carboxylic acids is 2. The van der Waals surface area contributed by atoms with Crippen molar-refractivity contribution in [2.45, 2.75) is 424 Å². The Morgan fingerprint density at radius 1 is 0.316 bits per heavy atom. The fourth-order valence-corrected chi connectivity index (χ4v) is 11.5. The SMILES string of the molecule is CCCCCCCCCCCCCCCCCCCCCCCCCCCC(O)C(CO)NC(=O)CCCCCCCCCCCCCCCCCCCCCCCCOC(=O)CCCCCCCCCCCCCC. The maximum absolute atomic E-state index is 12.6. The van der Waals surface area contributed by atoms with E-state index in [-0.39, 0.29) is 18.5 Å². The van der Waals surface area contributed by atoms with Crippen LogP contribution >= 0.6 is 0 Å². The highest BCUT2D eigenvalue weighted by Gasteiger charge is 2.20. The second-order valence-corrected chi connectivity index (χ2v) is 24.6. The van der Waals surface area contributed by atoms with Crippen molar-refractivity contribution in [3.05, 3.63) is 0 Å². The summed E-state index contributed by atoms with van der Waals surface area (Å²) in [7, 11) is 0. The Labute approximate surface area is 476 Å². The Balaban J connectivity index is 3.37. The molecule has 454 valence electrons. The van der Waals surface area contributed by atoms with Crippen molar-refractivity contribution in [3.8, 4) is 0 Å². The van der Waals surface area contributed by atoms with Crippen LogP contribution in [0.25, 0.3) is 0 Å². The molecular formula is C70H139NO5. The minimum Gasteiger partial charge on any atom is -0.466 e. The first-order valence-corrected chi connectivity index (χ1v) is 35.3. The maximum Gasteiger partial charge on any atom is 0.305 e. The van der Waals surface area contributed by atoms with E-state index in [0.29, 0.717) is 25.9 Å². The van der Waals surface area contributed by atoms with E-state index in [0.717, 1.165) is 38.5 Å². The molecule has 0 radical (unpaired) electrons. The van der Waals surface area contributed by atoms with Gasteiger partial charge < -0.3 is 20.3 Å². The Hall–Kier alpha value is -1.14. The van der Waals surface area contributed by atoms with Crippen LogP contribution in [0.3, 0.4) is 0 Å². The molecule has 2 atom stereocenters. The molecule has 6 heteroatoms. The fourth-order valence-electron chi connectivity index (χ4n) is 11.5. The van der Waals surface area contributed by atoms with Gasteiger partial charge in [-0.05, 0) is 25.7 Å². The molecule has 0 heterocycles. The highest BCUT2D eigenvalue weighted by atomic mass is 16.5. The van der Waals surface area contributed by atoms with Gasteiger partial charge in [0.05, 0.1) is 25.4 Å². The van der Waals surface area contributed by atoms with Gasteiger partial charge in [0.25, 0.3) is 0 Å². The van der Waals surface area contributed by atoms with E-state index in [2.05, 4.69) is 19.2 Å². The lowest BCUT2D eigenvalue weighted by atomic mass is 10.0. The van der Waals surface area contributed by atoms with Crippen molar-refractivity contribution >= 4 is 11.9 Å².